The molecule has 0 aliphatic carbocycles. The molecular weight excluding hydrogens is 246 g/mol. The van der Waals surface area contributed by atoms with E-state index in [1.807, 2.05) is 0 Å². The molecule has 108 valence electrons. The maximum absolute atomic E-state index is 6.06. The molecule has 0 saturated carbocycles. The fourth-order valence-corrected chi connectivity index (χ4v) is 2.40. The summed E-state index contributed by atoms with van der Waals surface area (Å²) < 4.78 is 6.06. The average molecular weight is 271 g/mol. The molecule has 0 fully saturated rings. The summed E-state index contributed by atoms with van der Waals surface area (Å²) in [5, 5.41) is 3.53. The summed E-state index contributed by atoms with van der Waals surface area (Å²) in [6.07, 6.45) is 3.24. The van der Waals surface area contributed by atoms with Crippen LogP contribution in [0.2, 0.25) is 0 Å². The van der Waals surface area contributed by atoms with Crippen LogP contribution in [0.25, 0.3) is 11.3 Å². The number of nitrogens with one attached hydrogen (secondary N) is 1. The first-order valence-corrected chi connectivity index (χ1v) is 7.70. The van der Waals surface area contributed by atoms with E-state index in [4.69, 9.17) is 4.42 Å². The first kappa shape index (κ1) is 14.9. The van der Waals surface area contributed by atoms with Crippen LogP contribution in [-0.4, -0.2) is 6.54 Å². The zero-order valence-electron chi connectivity index (χ0n) is 12.8. The molecule has 0 bridgehead atoms. The summed E-state index contributed by atoms with van der Waals surface area (Å²) in [6.45, 7) is 7.57. The number of furan rings is 1. The van der Waals surface area contributed by atoms with Gasteiger partial charge in [-0.1, -0.05) is 39.0 Å². The van der Waals surface area contributed by atoms with Gasteiger partial charge in [0.2, 0.25) is 0 Å². The predicted octanol–water partition coefficient (Wildman–Crippen LogP) is 4.96. The topological polar surface area (TPSA) is 25.2 Å². The molecule has 0 aliphatic rings. The normalized spacial score (nSPS) is 12.6. The Morgan fingerprint density at radius 3 is 2.65 bits per heavy atom. The van der Waals surface area contributed by atoms with Gasteiger partial charge in [-0.15, -0.1) is 0 Å². The van der Waals surface area contributed by atoms with Crippen molar-refractivity contribution in [1.29, 1.82) is 0 Å². The zero-order chi connectivity index (χ0) is 14.4. The van der Waals surface area contributed by atoms with Gasteiger partial charge in [-0.2, -0.15) is 0 Å². The minimum atomic E-state index is 0.318. The summed E-state index contributed by atoms with van der Waals surface area (Å²) in [5.41, 5.74) is 2.51. The van der Waals surface area contributed by atoms with Crippen LogP contribution in [0.5, 0.6) is 0 Å². The van der Waals surface area contributed by atoms with Gasteiger partial charge >= 0.3 is 0 Å². The molecule has 2 nitrogen and oxygen atoms in total. The Hall–Kier alpha value is -1.54. The number of aryl methyl sites for hydroxylation is 1. The molecule has 2 heteroatoms. The molecule has 0 spiro atoms. The Bertz CT molecular complexity index is 530. The second-order valence-electron chi connectivity index (χ2n) is 5.17. The van der Waals surface area contributed by atoms with Gasteiger partial charge in [0.05, 0.1) is 6.04 Å². The molecular formula is C18H25NO. The van der Waals surface area contributed by atoms with E-state index in [-0.39, 0.29) is 0 Å². The van der Waals surface area contributed by atoms with Gasteiger partial charge in [0.25, 0.3) is 0 Å². The van der Waals surface area contributed by atoms with Crippen molar-refractivity contribution in [3.8, 4) is 11.3 Å². The van der Waals surface area contributed by atoms with Crippen LogP contribution < -0.4 is 5.32 Å². The highest BCUT2D eigenvalue weighted by Gasteiger charge is 2.13. The van der Waals surface area contributed by atoms with Crippen molar-refractivity contribution < 1.29 is 4.42 Å². The Kier molecular flexibility index (Phi) is 5.42. The lowest BCUT2D eigenvalue weighted by Gasteiger charge is -2.13. The van der Waals surface area contributed by atoms with Crippen LogP contribution in [0.4, 0.5) is 0 Å². The summed E-state index contributed by atoms with van der Waals surface area (Å²) in [5.74, 6) is 2.00. The molecule has 1 aromatic heterocycles. The van der Waals surface area contributed by atoms with Gasteiger partial charge in [-0.25, -0.2) is 0 Å². The van der Waals surface area contributed by atoms with Crippen LogP contribution >= 0.6 is 0 Å². The van der Waals surface area contributed by atoms with Crippen molar-refractivity contribution in [2.75, 3.05) is 6.54 Å². The van der Waals surface area contributed by atoms with E-state index in [0.29, 0.717) is 6.04 Å². The second-order valence-corrected chi connectivity index (χ2v) is 5.17. The third-order valence-corrected chi connectivity index (χ3v) is 3.64. The largest absolute Gasteiger partial charge is 0.459 e. The maximum atomic E-state index is 6.06. The van der Waals surface area contributed by atoms with Crippen molar-refractivity contribution >= 4 is 0 Å². The van der Waals surface area contributed by atoms with Crippen molar-refractivity contribution in [2.45, 2.75) is 46.1 Å². The van der Waals surface area contributed by atoms with E-state index in [1.54, 1.807) is 0 Å². The minimum Gasteiger partial charge on any atom is -0.459 e. The SMILES string of the molecule is CCCNC(CC)c1ccc(-c2cccc(CC)c2)o1. The minimum absolute atomic E-state index is 0.318. The summed E-state index contributed by atoms with van der Waals surface area (Å²) >= 11 is 0. The quantitative estimate of drug-likeness (QED) is 0.770. The zero-order valence-corrected chi connectivity index (χ0v) is 12.8. The molecule has 1 heterocycles. The summed E-state index contributed by atoms with van der Waals surface area (Å²) in [4.78, 5) is 0. The van der Waals surface area contributed by atoms with Crippen molar-refractivity contribution in [3.63, 3.8) is 0 Å². The van der Waals surface area contributed by atoms with Crippen LogP contribution in [0, 0.1) is 0 Å². The highest BCUT2D eigenvalue weighted by molar-refractivity contribution is 5.58. The molecule has 1 N–H and O–H groups in total. The van der Waals surface area contributed by atoms with Crippen LogP contribution in [-0.2, 0) is 6.42 Å². The van der Waals surface area contributed by atoms with E-state index >= 15 is 0 Å². The fraction of sp³-hybridized carbons (Fsp3) is 0.444. The van der Waals surface area contributed by atoms with Crippen LogP contribution in [0.15, 0.2) is 40.8 Å². The smallest absolute Gasteiger partial charge is 0.134 e. The highest BCUT2D eigenvalue weighted by atomic mass is 16.3. The van der Waals surface area contributed by atoms with Gasteiger partial charge < -0.3 is 9.73 Å². The molecule has 0 amide bonds. The van der Waals surface area contributed by atoms with Gasteiger partial charge in [-0.05, 0) is 49.6 Å². The van der Waals surface area contributed by atoms with Crippen LogP contribution in [0.1, 0.15) is 51.0 Å². The first-order valence-electron chi connectivity index (χ1n) is 7.70. The fourth-order valence-electron chi connectivity index (χ4n) is 2.40. The molecule has 2 rings (SSSR count). The molecule has 0 aliphatic heterocycles. The Balaban J connectivity index is 2.18. The second kappa shape index (κ2) is 7.30. The molecule has 0 radical (unpaired) electrons. The van der Waals surface area contributed by atoms with Crippen molar-refractivity contribution in [2.24, 2.45) is 0 Å². The predicted molar refractivity (Wildman–Crippen MR) is 84.8 cm³/mol. The van der Waals surface area contributed by atoms with E-state index in [1.165, 1.54) is 11.1 Å². The van der Waals surface area contributed by atoms with Crippen molar-refractivity contribution in [1.82, 2.24) is 5.32 Å². The molecule has 1 unspecified atom stereocenters. The number of hydrogen-bond donors (Lipinski definition) is 1. The lowest BCUT2D eigenvalue weighted by Crippen LogP contribution is -2.20. The van der Waals surface area contributed by atoms with E-state index in [9.17, 15) is 0 Å². The van der Waals surface area contributed by atoms with Crippen LogP contribution in [0.3, 0.4) is 0 Å². The molecule has 2 aromatic rings. The number of rotatable bonds is 7. The lowest BCUT2D eigenvalue weighted by atomic mass is 10.1. The lowest BCUT2D eigenvalue weighted by molar-refractivity contribution is 0.411. The van der Waals surface area contributed by atoms with Gasteiger partial charge in [0.15, 0.2) is 0 Å². The molecule has 0 saturated heterocycles. The highest BCUT2D eigenvalue weighted by Crippen LogP contribution is 2.27. The third-order valence-electron chi connectivity index (χ3n) is 3.64. The van der Waals surface area contributed by atoms with Gasteiger partial charge in [0.1, 0.15) is 11.5 Å². The third kappa shape index (κ3) is 3.51. The Labute approximate surface area is 122 Å². The molecule has 1 aromatic carbocycles. The Morgan fingerprint density at radius 1 is 1.10 bits per heavy atom. The first-order chi connectivity index (χ1) is 9.78. The average Bonchev–Trinajstić information content (AvgIpc) is 2.98. The van der Waals surface area contributed by atoms with E-state index in [2.05, 4.69) is 62.5 Å². The van der Waals surface area contributed by atoms with E-state index in [0.717, 1.165) is 37.3 Å². The van der Waals surface area contributed by atoms with E-state index < -0.39 is 0 Å². The molecule has 1 atom stereocenters. The van der Waals surface area contributed by atoms with Gasteiger partial charge in [0, 0.05) is 5.56 Å². The Morgan fingerprint density at radius 2 is 1.95 bits per heavy atom. The number of hydrogen-bond acceptors (Lipinski definition) is 2. The maximum Gasteiger partial charge on any atom is 0.134 e. The number of benzene rings is 1. The van der Waals surface area contributed by atoms with Gasteiger partial charge in [-0.3, -0.25) is 0 Å². The summed E-state index contributed by atoms with van der Waals surface area (Å²) in [6, 6.07) is 13.1. The monoisotopic (exact) mass is 271 g/mol. The summed E-state index contributed by atoms with van der Waals surface area (Å²) in [7, 11) is 0. The van der Waals surface area contributed by atoms with Crippen molar-refractivity contribution in [3.05, 3.63) is 47.7 Å². The molecule has 20 heavy (non-hydrogen) atoms. The standard InChI is InChI=1S/C18H25NO/c1-4-12-19-16(6-3)18-11-10-17(20-18)15-9-7-8-14(5-2)13-15/h7-11,13,16,19H,4-6,12H2,1-3H3.